The zero-order valence-corrected chi connectivity index (χ0v) is 23.7. The van der Waals surface area contributed by atoms with E-state index in [4.69, 9.17) is 4.52 Å². The Kier molecular flexibility index (Phi) is 8.52. The van der Waals surface area contributed by atoms with Crippen molar-refractivity contribution in [3.63, 3.8) is 0 Å². The fourth-order valence-corrected chi connectivity index (χ4v) is 6.68. The highest BCUT2D eigenvalue weighted by atomic mass is 32.2. The van der Waals surface area contributed by atoms with Crippen molar-refractivity contribution in [2.24, 2.45) is 5.92 Å². The number of aromatic nitrogens is 3. The van der Waals surface area contributed by atoms with Gasteiger partial charge in [0.2, 0.25) is 10.0 Å². The average molecular weight is 579 g/mol. The van der Waals surface area contributed by atoms with Gasteiger partial charge in [0, 0.05) is 38.3 Å². The third-order valence-corrected chi connectivity index (χ3v) is 9.45. The molecule has 0 bridgehead atoms. The molecule has 1 saturated heterocycles. The van der Waals surface area contributed by atoms with Gasteiger partial charge in [0.05, 0.1) is 18.0 Å². The molecule has 10 nitrogen and oxygen atoms in total. The van der Waals surface area contributed by atoms with Crippen LogP contribution < -0.4 is 5.32 Å². The first-order chi connectivity index (χ1) is 19.1. The first-order valence-corrected chi connectivity index (χ1v) is 15.7. The Hall–Kier alpha value is -2.90. The monoisotopic (exact) mass is 578 g/mol. The number of aryl methyl sites for hydroxylation is 1. The van der Waals surface area contributed by atoms with E-state index in [9.17, 15) is 13.2 Å². The Balaban J connectivity index is 1.43. The van der Waals surface area contributed by atoms with Gasteiger partial charge in [-0.15, -0.1) is 0 Å². The van der Waals surface area contributed by atoms with Crippen molar-refractivity contribution in [1.29, 1.82) is 0 Å². The minimum atomic E-state index is -3.29. The van der Waals surface area contributed by atoms with Gasteiger partial charge >= 0.3 is 0 Å². The highest BCUT2D eigenvalue weighted by Crippen LogP contribution is 2.34. The summed E-state index contributed by atoms with van der Waals surface area (Å²) in [6.45, 7) is 3.25. The van der Waals surface area contributed by atoms with Gasteiger partial charge < -0.3 is 14.8 Å². The maximum Gasteiger partial charge on any atom is 0.257 e. The lowest BCUT2D eigenvalue weighted by atomic mass is 9.85. The number of nitrogens with one attached hydrogen (secondary N) is 2. The lowest BCUT2D eigenvalue weighted by molar-refractivity contribution is 0.0911. The van der Waals surface area contributed by atoms with E-state index in [1.165, 1.54) is 23.2 Å². The summed E-state index contributed by atoms with van der Waals surface area (Å²) in [6.07, 6.45) is 9.57. The summed E-state index contributed by atoms with van der Waals surface area (Å²) in [7, 11) is -3.29. The third kappa shape index (κ3) is 6.21. The summed E-state index contributed by atoms with van der Waals surface area (Å²) in [4.78, 5) is 22.6. The van der Waals surface area contributed by atoms with Crippen LogP contribution in [0.3, 0.4) is 0 Å². The maximum absolute atomic E-state index is 15.8. The van der Waals surface area contributed by atoms with E-state index < -0.39 is 27.7 Å². The number of benzene rings is 1. The number of piperazine rings is 1. The minimum absolute atomic E-state index is 0.0361. The fraction of sp³-hybridized carbons (Fsp3) is 0.593. The number of sulfonamides is 1. The van der Waals surface area contributed by atoms with Gasteiger partial charge in [-0.25, -0.2) is 22.2 Å². The number of carbonyl (C=O) groups excluding carboxylic acids is 1. The standard InChI is InChI=1S/C27H36F2N6O4S/c1-17-20(16-39-33-17)27(36)32-23(18-8-6-4-3-5-7-9-18)26-30-24-21(28)14-19(22(29)25(24)31-26)15-34-10-12-35(13-11-34)40(2,37)38/h14,16,18,23H,3-13,15H2,1-2H3,(H,30,31)(H,32,36). The zero-order chi connectivity index (χ0) is 28.4. The Morgan fingerprint density at radius 2 is 1.82 bits per heavy atom. The van der Waals surface area contributed by atoms with Crippen molar-refractivity contribution >= 4 is 27.0 Å². The molecule has 0 radical (unpaired) electrons. The predicted octanol–water partition coefficient (Wildman–Crippen LogP) is 4.05. The predicted molar refractivity (Wildman–Crippen MR) is 145 cm³/mol. The highest BCUT2D eigenvalue weighted by molar-refractivity contribution is 7.88. The molecule has 2 fully saturated rings. The van der Waals surface area contributed by atoms with Crippen LogP contribution >= 0.6 is 0 Å². The van der Waals surface area contributed by atoms with Gasteiger partial charge in [0.1, 0.15) is 28.7 Å². The van der Waals surface area contributed by atoms with E-state index in [0.29, 0.717) is 43.3 Å². The number of hydrogen-bond acceptors (Lipinski definition) is 7. The number of fused-ring (bicyclic) bond motifs is 1. The van der Waals surface area contributed by atoms with Crippen LogP contribution in [-0.2, 0) is 16.6 Å². The van der Waals surface area contributed by atoms with Crippen LogP contribution in [0.2, 0.25) is 0 Å². The molecule has 1 amide bonds. The molecule has 2 N–H and O–H groups in total. The van der Waals surface area contributed by atoms with Crippen LogP contribution in [0.1, 0.15) is 78.4 Å². The van der Waals surface area contributed by atoms with E-state index in [1.54, 1.807) is 6.92 Å². The number of H-pyrrole nitrogens is 1. The van der Waals surface area contributed by atoms with Crippen molar-refractivity contribution in [2.75, 3.05) is 32.4 Å². The van der Waals surface area contributed by atoms with Crippen molar-refractivity contribution < 1.29 is 26.5 Å². The Morgan fingerprint density at radius 1 is 1.15 bits per heavy atom. The number of aromatic amines is 1. The van der Waals surface area contributed by atoms with Crippen molar-refractivity contribution in [1.82, 2.24) is 29.6 Å². The molecule has 1 aliphatic carbocycles. The molecular formula is C27H36F2N6O4S. The van der Waals surface area contributed by atoms with Crippen LogP contribution in [0.25, 0.3) is 11.0 Å². The molecule has 1 aromatic carbocycles. The van der Waals surface area contributed by atoms with E-state index in [2.05, 4.69) is 20.4 Å². The third-order valence-electron chi connectivity index (χ3n) is 8.14. The molecule has 1 saturated carbocycles. The Bertz CT molecular complexity index is 1460. The number of rotatable bonds is 7. The smallest absolute Gasteiger partial charge is 0.257 e. The molecular weight excluding hydrogens is 542 g/mol. The summed E-state index contributed by atoms with van der Waals surface area (Å²) in [5, 5.41) is 6.85. The van der Waals surface area contributed by atoms with Gasteiger partial charge in [-0.05, 0) is 31.7 Å². The first-order valence-electron chi connectivity index (χ1n) is 13.9. The Labute approximate surface area is 232 Å². The minimum Gasteiger partial charge on any atom is -0.364 e. The molecule has 1 unspecified atom stereocenters. The lowest BCUT2D eigenvalue weighted by Gasteiger charge is -2.33. The van der Waals surface area contributed by atoms with E-state index in [1.807, 2.05) is 4.90 Å². The van der Waals surface area contributed by atoms with Crippen LogP contribution in [-0.4, -0.2) is 71.1 Å². The molecule has 1 atom stereocenters. The van der Waals surface area contributed by atoms with E-state index >= 15 is 8.78 Å². The molecule has 2 aromatic heterocycles. The largest absolute Gasteiger partial charge is 0.364 e. The maximum atomic E-state index is 15.8. The first kappa shape index (κ1) is 28.6. The SMILES string of the molecule is Cc1nocc1C(=O)NC(c1nc2c(F)cc(CN3CCN(S(C)(=O)=O)CC3)c(F)c2[nH]1)C1CCCCCCC1. The molecule has 1 aliphatic heterocycles. The summed E-state index contributed by atoms with van der Waals surface area (Å²) in [5.74, 6) is -1.26. The summed E-state index contributed by atoms with van der Waals surface area (Å²) < 4.78 is 61.0. The number of hydrogen-bond donors (Lipinski definition) is 2. The number of amides is 1. The molecule has 218 valence electrons. The second kappa shape index (κ2) is 11.9. The van der Waals surface area contributed by atoms with E-state index in [-0.39, 0.29) is 35.0 Å². The number of halogens is 2. The molecule has 13 heteroatoms. The molecule has 0 spiro atoms. The fourth-order valence-electron chi connectivity index (χ4n) is 5.85. The van der Waals surface area contributed by atoms with Crippen LogP contribution in [0.5, 0.6) is 0 Å². The summed E-state index contributed by atoms with van der Waals surface area (Å²) in [5.41, 5.74) is 0.787. The summed E-state index contributed by atoms with van der Waals surface area (Å²) >= 11 is 0. The molecule has 5 rings (SSSR count). The second-order valence-corrected chi connectivity index (χ2v) is 13.0. The van der Waals surface area contributed by atoms with Crippen molar-refractivity contribution in [3.05, 3.63) is 46.6 Å². The van der Waals surface area contributed by atoms with Gasteiger partial charge in [0.25, 0.3) is 5.91 Å². The second-order valence-electron chi connectivity index (χ2n) is 11.0. The van der Waals surface area contributed by atoms with Gasteiger partial charge in [-0.1, -0.05) is 37.3 Å². The normalized spacial score (nSPS) is 19.4. The van der Waals surface area contributed by atoms with Crippen molar-refractivity contribution in [3.8, 4) is 0 Å². The van der Waals surface area contributed by atoms with Crippen molar-refractivity contribution in [2.45, 2.75) is 64.5 Å². The van der Waals surface area contributed by atoms with Crippen LogP contribution in [0, 0.1) is 24.5 Å². The van der Waals surface area contributed by atoms with Crippen LogP contribution in [0.15, 0.2) is 16.9 Å². The molecule has 3 aromatic rings. The number of carbonyl (C=O) groups is 1. The quantitative estimate of drug-likeness (QED) is 0.434. The Morgan fingerprint density at radius 3 is 2.45 bits per heavy atom. The van der Waals surface area contributed by atoms with Gasteiger partial charge in [0.15, 0.2) is 11.6 Å². The van der Waals surface area contributed by atoms with E-state index in [0.717, 1.165) is 44.6 Å². The number of nitrogens with zero attached hydrogens (tertiary/aromatic N) is 4. The number of imidazole rings is 1. The average Bonchev–Trinajstić information content (AvgIpc) is 3.53. The van der Waals surface area contributed by atoms with Gasteiger partial charge in [-0.2, -0.15) is 4.31 Å². The zero-order valence-electron chi connectivity index (χ0n) is 22.9. The lowest BCUT2D eigenvalue weighted by Crippen LogP contribution is -2.47. The molecule has 2 aliphatic rings. The van der Waals surface area contributed by atoms with Crippen LogP contribution in [0.4, 0.5) is 8.78 Å². The molecule has 3 heterocycles. The highest BCUT2D eigenvalue weighted by Gasteiger charge is 2.31. The van der Waals surface area contributed by atoms with Gasteiger partial charge in [-0.3, -0.25) is 9.69 Å². The summed E-state index contributed by atoms with van der Waals surface area (Å²) in [6, 6.07) is 0.591. The molecule has 40 heavy (non-hydrogen) atoms. The topological polar surface area (TPSA) is 124 Å².